The van der Waals surface area contributed by atoms with Crippen LogP contribution in [0.3, 0.4) is 0 Å². The molecule has 0 saturated carbocycles. The molecule has 0 unspecified atom stereocenters. The van der Waals surface area contributed by atoms with E-state index in [1.54, 1.807) is 11.0 Å². The number of nitrogens with one attached hydrogen (secondary N) is 1. The maximum absolute atomic E-state index is 14.3. The van der Waals surface area contributed by atoms with Crippen LogP contribution in [0.15, 0.2) is 54.6 Å². The lowest BCUT2D eigenvalue weighted by Gasteiger charge is -2.40. The standard InChI is InChI=1S/C28H28F3N3O/c1-18-11-19(2)13-20(12-18)16-33-9-7-28(8-10-33)17-34(26-6-4-21(29)14-23(26)28)27(35)32-25-5-3-22(30)15-24(25)31/h3-6,11-15H,7-10,16-17H2,1-2H3,(H,32,35). The summed E-state index contributed by atoms with van der Waals surface area (Å²) < 4.78 is 41.7. The zero-order valence-electron chi connectivity index (χ0n) is 19.9. The number of amides is 2. The van der Waals surface area contributed by atoms with Gasteiger partial charge in [-0.05, 0) is 81.2 Å². The van der Waals surface area contributed by atoms with Crippen molar-refractivity contribution in [1.82, 2.24) is 4.90 Å². The minimum Gasteiger partial charge on any atom is -0.305 e. The van der Waals surface area contributed by atoms with Gasteiger partial charge in [-0.1, -0.05) is 29.3 Å². The number of hydrogen-bond donors (Lipinski definition) is 1. The molecule has 2 aliphatic rings. The van der Waals surface area contributed by atoms with Crippen LogP contribution < -0.4 is 10.2 Å². The van der Waals surface area contributed by atoms with E-state index in [0.29, 0.717) is 12.2 Å². The van der Waals surface area contributed by atoms with Gasteiger partial charge in [0.2, 0.25) is 0 Å². The maximum atomic E-state index is 14.3. The van der Waals surface area contributed by atoms with Gasteiger partial charge in [0.15, 0.2) is 0 Å². The summed E-state index contributed by atoms with van der Waals surface area (Å²) >= 11 is 0. The first-order valence-corrected chi connectivity index (χ1v) is 11.9. The lowest BCUT2D eigenvalue weighted by molar-refractivity contribution is 0.160. The molecular weight excluding hydrogens is 451 g/mol. The summed E-state index contributed by atoms with van der Waals surface area (Å²) in [4.78, 5) is 17.1. The highest BCUT2D eigenvalue weighted by atomic mass is 19.1. The van der Waals surface area contributed by atoms with Gasteiger partial charge in [-0.2, -0.15) is 0 Å². The molecular formula is C28H28F3N3O. The number of rotatable bonds is 3. The average Bonchev–Trinajstić information content (AvgIpc) is 3.10. The van der Waals surface area contributed by atoms with E-state index >= 15 is 0 Å². The first-order valence-electron chi connectivity index (χ1n) is 11.9. The molecule has 182 valence electrons. The highest BCUT2D eigenvalue weighted by Gasteiger charge is 2.46. The number of likely N-dealkylation sites (tertiary alicyclic amines) is 1. The fourth-order valence-electron chi connectivity index (χ4n) is 5.58. The second-order valence-corrected chi connectivity index (χ2v) is 9.85. The summed E-state index contributed by atoms with van der Waals surface area (Å²) in [7, 11) is 0. The molecule has 35 heavy (non-hydrogen) atoms. The van der Waals surface area contributed by atoms with Crippen LogP contribution in [0.2, 0.25) is 0 Å². The zero-order chi connectivity index (χ0) is 24.7. The highest BCUT2D eigenvalue weighted by molar-refractivity contribution is 6.03. The molecule has 0 aliphatic carbocycles. The van der Waals surface area contributed by atoms with E-state index in [4.69, 9.17) is 0 Å². The molecule has 2 amide bonds. The molecule has 3 aromatic rings. The van der Waals surface area contributed by atoms with Crippen molar-refractivity contribution in [2.75, 3.05) is 29.9 Å². The third-order valence-electron chi connectivity index (χ3n) is 7.20. The van der Waals surface area contributed by atoms with Crippen LogP contribution in [-0.4, -0.2) is 30.6 Å². The van der Waals surface area contributed by atoms with E-state index in [1.807, 2.05) is 0 Å². The van der Waals surface area contributed by atoms with E-state index in [0.717, 1.165) is 50.2 Å². The Balaban J connectivity index is 1.35. The van der Waals surface area contributed by atoms with E-state index in [-0.39, 0.29) is 16.9 Å². The van der Waals surface area contributed by atoms with Gasteiger partial charge >= 0.3 is 6.03 Å². The van der Waals surface area contributed by atoms with Crippen molar-refractivity contribution in [2.45, 2.75) is 38.6 Å². The van der Waals surface area contributed by atoms with Crippen molar-refractivity contribution in [3.63, 3.8) is 0 Å². The van der Waals surface area contributed by atoms with Crippen molar-refractivity contribution in [1.29, 1.82) is 0 Å². The van der Waals surface area contributed by atoms with Gasteiger partial charge < -0.3 is 5.32 Å². The van der Waals surface area contributed by atoms with Crippen molar-refractivity contribution >= 4 is 17.4 Å². The molecule has 0 radical (unpaired) electrons. The summed E-state index contributed by atoms with van der Waals surface area (Å²) in [5, 5.41) is 2.55. The second kappa shape index (κ2) is 9.04. The van der Waals surface area contributed by atoms with Gasteiger partial charge in [-0.15, -0.1) is 0 Å². The van der Waals surface area contributed by atoms with Gasteiger partial charge in [-0.3, -0.25) is 9.80 Å². The van der Waals surface area contributed by atoms with Crippen molar-refractivity contribution in [3.8, 4) is 0 Å². The van der Waals surface area contributed by atoms with Gasteiger partial charge in [0.1, 0.15) is 17.5 Å². The molecule has 5 rings (SSSR count). The number of urea groups is 1. The van der Waals surface area contributed by atoms with E-state index in [9.17, 15) is 18.0 Å². The predicted octanol–water partition coefficient (Wildman–Crippen LogP) is 6.31. The van der Waals surface area contributed by atoms with Crippen molar-refractivity contribution in [3.05, 3.63) is 94.3 Å². The van der Waals surface area contributed by atoms with E-state index in [2.05, 4.69) is 42.3 Å². The maximum Gasteiger partial charge on any atom is 0.326 e. The normalized spacial score (nSPS) is 17.0. The largest absolute Gasteiger partial charge is 0.326 e. The van der Waals surface area contributed by atoms with Crippen LogP contribution in [0, 0.1) is 31.3 Å². The molecule has 0 bridgehead atoms. The highest BCUT2D eigenvalue weighted by Crippen LogP contribution is 2.47. The Morgan fingerprint density at radius 2 is 1.57 bits per heavy atom. The van der Waals surface area contributed by atoms with Crippen molar-refractivity contribution < 1.29 is 18.0 Å². The predicted molar refractivity (Wildman–Crippen MR) is 131 cm³/mol. The quantitative estimate of drug-likeness (QED) is 0.478. The third-order valence-corrected chi connectivity index (χ3v) is 7.20. The molecule has 0 atom stereocenters. The van der Waals surface area contributed by atoms with Crippen LogP contribution in [-0.2, 0) is 12.0 Å². The topological polar surface area (TPSA) is 35.6 Å². The minimum absolute atomic E-state index is 0.0933. The Morgan fingerprint density at radius 1 is 0.914 bits per heavy atom. The SMILES string of the molecule is Cc1cc(C)cc(CN2CCC3(CC2)CN(C(=O)Nc2ccc(F)cc2F)c2ccc(F)cc23)c1. The molecule has 2 aliphatic heterocycles. The Labute approximate surface area is 203 Å². The summed E-state index contributed by atoms with van der Waals surface area (Å²) in [6, 6.07) is 13.6. The Hall–Kier alpha value is -3.32. The number of aryl methyl sites for hydroxylation is 2. The summed E-state index contributed by atoms with van der Waals surface area (Å²) in [5.41, 5.74) is 4.76. The van der Waals surface area contributed by atoms with Gasteiger partial charge in [0.05, 0.1) is 5.69 Å². The number of nitrogens with zero attached hydrogens (tertiary/aromatic N) is 2. The van der Waals surface area contributed by atoms with Gasteiger partial charge in [-0.25, -0.2) is 18.0 Å². The molecule has 0 aromatic heterocycles. The smallest absolute Gasteiger partial charge is 0.305 e. The molecule has 1 N–H and O–H groups in total. The van der Waals surface area contributed by atoms with E-state index < -0.39 is 17.7 Å². The number of benzene rings is 3. The molecule has 2 heterocycles. The minimum atomic E-state index is -0.841. The summed E-state index contributed by atoms with van der Waals surface area (Å²) in [5.74, 6) is -1.90. The Bertz CT molecular complexity index is 1260. The van der Waals surface area contributed by atoms with Crippen LogP contribution in [0.5, 0.6) is 0 Å². The van der Waals surface area contributed by atoms with Crippen LogP contribution in [0.25, 0.3) is 0 Å². The lowest BCUT2D eigenvalue weighted by atomic mass is 9.74. The van der Waals surface area contributed by atoms with Crippen LogP contribution in [0.4, 0.5) is 29.3 Å². The number of anilines is 2. The Kier molecular flexibility index (Phi) is 6.05. The van der Waals surface area contributed by atoms with Crippen molar-refractivity contribution in [2.24, 2.45) is 0 Å². The number of piperidine rings is 1. The van der Waals surface area contributed by atoms with Crippen LogP contribution in [0.1, 0.15) is 35.1 Å². The van der Waals surface area contributed by atoms with E-state index in [1.165, 1.54) is 34.9 Å². The molecule has 1 spiro atoms. The fraction of sp³-hybridized carbons (Fsp3) is 0.321. The number of carbonyl (C=O) groups is 1. The fourth-order valence-corrected chi connectivity index (χ4v) is 5.58. The molecule has 7 heteroatoms. The number of halogens is 3. The van der Waals surface area contributed by atoms with Crippen LogP contribution >= 0.6 is 0 Å². The Morgan fingerprint density at radius 3 is 2.26 bits per heavy atom. The van der Waals surface area contributed by atoms with Gasteiger partial charge in [0.25, 0.3) is 0 Å². The molecule has 3 aromatic carbocycles. The number of carbonyl (C=O) groups excluding carboxylic acids is 1. The summed E-state index contributed by atoms with van der Waals surface area (Å²) in [6.45, 7) is 7.09. The zero-order valence-corrected chi connectivity index (χ0v) is 19.9. The first kappa shape index (κ1) is 23.4. The molecule has 4 nitrogen and oxygen atoms in total. The summed E-state index contributed by atoms with van der Waals surface area (Å²) in [6.07, 6.45) is 1.56. The lowest BCUT2D eigenvalue weighted by Crippen LogP contribution is -2.46. The third kappa shape index (κ3) is 4.65. The first-order chi connectivity index (χ1) is 16.7. The number of fused-ring (bicyclic) bond motifs is 2. The average molecular weight is 480 g/mol. The number of hydrogen-bond acceptors (Lipinski definition) is 2. The second-order valence-electron chi connectivity index (χ2n) is 9.85. The van der Waals surface area contributed by atoms with Gasteiger partial charge in [0, 0.05) is 30.3 Å². The monoisotopic (exact) mass is 479 g/mol. The molecule has 1 fully saturated rings. The molecule has 1 saturated heterocycles.